The van der Waals surface area contributed by atoms with Crippen molar-refractivity contribution in [1.29, 1.82) is 0 Å². The molecule has 0 radical (unpaired) electrons. The molecule has 2 saturated heterocycles. The average Bonchev–Trinajstić information content (AvgIpc) is 2.38. The topological polar surface area (TPSA) is 6.48 Å². The lowest BCUT2D eigenvalue weighted by Gasteiger charge is -2.44. The van der Waals surface area contributed by atoms with Crippen molar-refractivity contribution in [2.45, 2.75) is 45.1 Å². The summed E-state index contributed by atoms with van der Waals surface area (Å²) in [4.78, 5) is 5.44. The highest BCUT2D eigenvalue weighted by molar-refractivity contribution is 9.09. The molecule has 0 N–H and O–H groups in total. The zero-order valence-electron chi connectivity index (χ0n) is 11.2. The lowest BCUT2D eigenvalue weighted by atomic mass is 9.98. The molecule has 2 nitrogen and oxygen atoms in total. The highest BCUT2D eigenvalue weighted by Gasteiger charge is 2.29. The van der Waals surface area contributed by atoms with E-state index in [9.17, 15) is 0 Å². The highest BCUT2D eigenvalue weighted by Crippen LogP contribution is 2.22. The Morgan fingerprint density at radius 3 is 2.88 bits per heavy atom. The first-order chi connectivity index (χ1) is 8.33. The molecule has 2 aliphatic heterocycles. The van der Waals surface area contributed by atoms with E-state index in [-0.39, 0.29) is 0 Å². The second-order valence-corrected chi connectivity index (χ2v) is 6.40. The van der Waals surface area contributed by atoms with Crippen molar-refractivity contribution in [3.05, 3.63) is 0 Å². The Hall–Kier alpha value is 0.400. The van der Waals surface area contributed by atoms with Crippen LogP contribution in [-0.4, -0.2) is 53.9 Å². The Labute approximate surface area is 115 Å². The molecule has 0 spiro atoms. The zero-order chi connectivity index (χ0) is 12.1. The van der Waals surface area contributed by atoms with E-state index in [0.717, 1.165) is 12.0 Å². The third kappa shape index (κ3) is 3.93. The smallest absolute Gasteiger partial charge is 0.0223 e. The third-order valence-corrected chi connectivity index (χ3v) is 5.27. The van der Waals surface area contributed by atoms with Crippen molar-refractivity contribution in [3.63, 3.8) is 0 Å². The summed E-state index contributed by atoms with van der Waals surface area (Å²) in [6, 6.07) is 0.870. The minimum absolute atomic E-state index is 0.857. The second-order valence-electron chi connectivity index (χ2n) is 5.75. The van der Waals surface area contributed by atoms with Gasteiger partial charge in [-0.3, -0.25) is 4.90 Å². The molecule has 2 fully saturated rings. The maximum absolute atomic E-state index is 3.68. The molecule has 0 aromatic carbocycles. The zero-order valence-corrected chi connectivity index (χ0v) is 12.8. The minimum atomic E-state index is 0.857. The Morgan fingerprint density at radius 1 is 1.24 bits per heavy atom. The molecule has 0 bridgehead atoms. The standard InChI is InChI=1S/C14H27BrN2/c1-2-5-13(10-15)11-16-8-9-17-7-4-3-6-14(17)12-16/h13-14H,2-12H2,1H3. The molecule has 0 aliphatic carbocycles. The van der Waals surface area contributed by atoms with Gasteiger partial charge in [-0.2, -0.15) is 0 Å². The summed E-state index contributed by atoms with van der Waals surface area (Å²) in [6.45, 7) is 8.90. The van der Waals surface area contributed by atoms with Crippen LogP contribution >= 0.6 is 15.9 Å². The number of piperazine rings is 1. The SMILES string of the molecule is CCCC(CBr)CN1CCN2CCCCC2C1. The molecule has 0 saturated carbocycles. The van der Waals surface area contributed by atoms with Crippen LogP contribution in [0.25, 0.3) is 0 Å². The van der Waals surface area contributed by atoms with Crippen molar-refractivity contribution in [3.8, 4) is 0 Å². The van der Waals surface area contributed by atoms with Crippen LogP contribution in [-0.2, 0) is 0 Å². The number of piperidine rings is 1. The van der Waals surface area contributed by atoms with E-state index in [1.807, 2.05) is 0 Å². The van der Waals surface area contributed by atoms with Crippen LogP contribution in [0.2, 0.25) is 0 Å². The summed E-state index contributed by atoms with van der Waals surface area (Å²) >= 11 is 3.68. The van der Waals surface area contributed by atoms with E-state index in [0.29, 0.717) is 0 Å². The Bertz CT molecular complexity index is 220. The maximum atomic E-state index is 3.68. The molecule has 0 aromatic rings. The lowest BCUT2D eigenvalue weighted by molar-refractivity contribution is 0.0428. The number of fused-ring (bicyclic) bond motifs is 1. The van der Waals surface area contributed by atoms with Crippen molar-refractivity contribution < 1.29 is 0 Å². The van der Waals surface area contributed by atoms with Gasteiger partial charge in [0.15, 0.2) is 0 Å². The van der Waals surface area contributed by atoms with Gasteiger partial charge in [-0.15, -0.1) is 0 Å². The Balaban J connectivity index is 1.78. The van der Waals surface area contributed by atoms with Crippen molar-refractivity contribution in [2.24, 2.45) is 5.92 Å². The van der Waals surface area contributed by atoms with Crippen LogP contribution in [0.3, 0.4) is 0 Å². The largest absolute Gasteiger partial charge is 0.300 e. The molecule has 17 heavy (non-hydrogen) atoms. The summed E-state index contributed by atoms with van der Waals surface area (Å²) in [6.07, 6.45) is 7.00. The van der Waals surface area contributed by atoms with Gasteiger partial charge >= 0.3 is 0 Å². The van der Waals surface area contributed by atoms with Gasteiger partial charge in [-0.25, -0.2) is 0 Å². The molecule has 100 valence electrons. The summed E-state index contributed by atoms with van der Waals surface area (Å²) in [7, 11) is 0. The van der Waals surface area contributed by atoms with Crippen LogP contribution in [0, 0.1) is 5.92 Å². The number of nitrogens with zero attached hydrogens (tertiary/aromatic N) is 2. The summed E-state index contributed by atoms with van der Waals surface area (Å²) in [5.74, 6) is 0.857. The van der Waals surface area contributed by atoms with Gasteiger partial charge in [0.1, 0.15) is 0 Å². The fraction of sp³-hybridized carbons (Fsp3) is 1.00. The predicted molar refractivity (Wildman–Crippen MR) is 77.8 cm³/mol. The Morgan fingerprint density at radius 2 is 2.12 bits per heavy atom. The molecule has 2 unspecified atom stereocenters. The summed E-state index contributed by atoms with van der Waals surface area (Å²) in [5.41, 5.74) is 0. The molecule has 2 aliphatic rings. The van der Waals surface area contributed by atoms with Gasteiger partial charge in [0.25, 0.3) is 0 Å². The number of hydrogen-bond acceptors (Lipinski definition) is 2. The molecular weight excluding hydrogens is 276 g/mol. The van der Waals surface area contributed by atoms with Gasteiger partial charge in [0.05, 0.1) is 0 Å². The van der Waals surface area contributed by atoms with E-state index >= 15 is 0 Å². The Kier molecular flexibility index (Phi) is 5.78. The number of hydrogen-bond donors (Lipinski definition) is 0. The first-order valence-corrected chi connectivity index (χ1v) is 8.48. The van der Waals surface area contributed by atoms with Gasteiger partial charge in [0, 0.05) is 37.6 Å². The average molecular weight is 303 g/mol. The fourth-order valence-electron chi connectivity index (χ4n) is 3.38. The van der Waals surface area contributed by atoms with Gasteiger partial charge in [-0.05, 0) is 31.7 Å². The number of halogens is 1. The minimum Gasteiger partial charge on any atom is -0.300 e. The van der Waals surface area contributed by atoms with Crippen LogP contribution in [0.15, 0.2) is 0 Å². The van der Waals surface area contributed by atoms with Gasteiger partial charge < -0.3 is 4.90 Å². The van der Waals surface area contributed by atoms with Gasteiger partial charge in [-0.1, -0.05) is 35.7 Å². The van der Waals surface area contributed by atoms with Crippen LogP contribution in [0.4, 0.5) is 0 Å². The fourth-order valence-corrected chi connectivity index (χ4v) is 3.91. The van der Waals surface area contributed by atoms with E-state index in [2.05, 4.69) is 32.7 Å². The molecule has 0 amide bonds. The predicted octanol–water partition coefficient (Wildman–Crippen LogP) is 2.97. The van der Waals surface area contributed by atoms with E-state index in [1.165, 1.54) is 70.2 Å². The van der Waals surface area contributed by atoms with Crippen LogP contribution < -0.4 is 0 Å². The normalized spacial score (nSPS) is 28.9. The number of rotatable bonds is 5. The molecule has 3 heteroatoms. The lowest BCUT2D eigenvalue weighted by Crippen LogP contribution is -2.55. The first kappa shape index (κ1) is 13.8. The highest BCUT2D eigenvalue weighted by atomic mass is 79.9. The monoisotopic (exact) mass is 302 g/mol. The van der Waals surface area contributed by atoms with Crippen molar-refractivity contribution in [1.82, 2.24) is 9.80 Å². The third-order valence-electron chi connectivity index (χ3n) is 4.35. The molecule has 2 heterocycles. The summed E-state index contributed by atoms with van der Waals surface area (Å²) < 4.78 is 0. The number of alkyl halides is 1. The second kappa shape index (κ2) is 7.10. The molecule has 2 atom stereocenters. The molecule has 2 rings (SSSR count). The summed E-state index contributed by atoms with van der Waals surface area (Å²) in [5, 5.41) is 1.17. The quantitative estimate of drug-likeness (QED) is 0.721. The first-order valence-electron chi connectivity index (χ1n) is 7.35. The molecular formula is C14H27BrN2. The van der Waals surface area contributed by atoms with E-state index < -0.39 is 0 Å². The molecule has 0 aromatic heterocycles. The van der Waals surface area contributed by atoms with Gasteiger partial charge in [0.2, 0.25) is 0 Å². The van der Waals surface area contributed by atoms with Crippen molar-refractivity contribution in [2.75, 3.05) is 38.1 Å². The van der Waals surface area contributed by atoms with E-state index in [4.69, 9.17) is 0 Å². The van der Waals surface area contributed by atoms with Crippen LogP contribution in [0.5, 0.6) is 0 Å². The maximum Gasteiger partial charge on any atom is 0.0223 e. The van der Waals surface area contributed by atoms with Crippen molar-refractivity contribution >= 4 is 15.9 Å². The van der Waals surface area contributed by atoms with E-state index in [1.54, 1.807) is 0 Å². The van der Waals surface area contributed by atoms with Crippen LogP contribution in [0.1, 0.15) is 39.0 Å².